The van der Waals surface area contributed by atoms with E-state index in [0.717, 1.165) is 33.4 Å². The van der Waals surface area contributed by atoms with Crippen molar-refractivity contribution >= 4 is 17.4 Å². The highest BCUT2D eigenvalue weighted by Crippen LogP contribution is 2.43. The summed E-state index contributed by atoms with van der Waals surface area (Å²) >= 11 is 6.28. The van der Waals surface area contributed by atoms with Crippen molar-refractivity contribution in [3.63, 3.8) is 0 Å². The Bertz CT molecular complexity index is 866. The van der Waals surface area contributed by atoms with Gasteiger partial charge in [0.05, 0.1) is 0 Å². The fourth-order valence-electron chi connectivity index (χ4n) is 2.96. The molecule has 1 aliphatic carbocycles. The second kappa shape index (κ2) is 4.57. The minimum atomic E-state index is 0.0797. The molecule has 0 aliphatic heterocycles. The maximum Gasteiger partial charge on any atom is 0.194 e. The van der Waals surface area contributed by atoms with Crippen molar-refractivity contribution in [2.24, 2.45) is 0 Å². The van der Waals surface area contributed by atoms with Gasteiger partial charge in [-0.15, -0.1) is 0 Å². The summed E-state index contributed by atoms with van der Waals surface area (Å²) in [6, 6.07) is 21.4. The molecule has 2 heteroatoms. The first-order valence-corrected chi connectivity index (χ1v) is 7.16. The van der Waals surface area contributed by atoms with Crippen LogP contribution in [0.1, 0.15) is 15.9 Å². The number of halogens is 1. The Balaban J connectivity index is 2.06. The van der Waals surface area contributed by atoms with E-state index in [-0.39, 0.29) is 5.78 Å². The maximum absolute atomic E-state index is 12.8. The van der Waals surface area contributed by atoms with Crippen LogP contribution < -0.4 is 0 Å². The van der Waals surface area contributed by atoms with Crippen LogP contribution in [-0.2, 0) is 0 Å². The standard InChI is InChI=1S/C19H11ClO/c20-13-10-16(12-6-2-1-3-7-12)18-17(11-13)14-8-4-5-9-15(14)19(18)21/h1-11H. The summed E-state index contributed by atoms with van der Waals surface area (Å²) in [7, 11) is 0. The monoisotopic (exact) mass is 290 g/mol. The summed E-state index contributed by atoms with van der Waals surface area (Å²) in [6.07, 6.45) is 0. The lowest BCUT2D eigenvalue weighted by molar-refractivity contribution is 0.104. The van der Waals surface area contributed by atoms with Crippen LogP contribution in [0.25, 0.3) is 22.3 Å². The summed E-state index contributed by atoms with van der Waals surface area (Å²) in [5, 5.41) is 0.650. The van der Waals surface area contributed by atoms with Gasteiger partial charge < -0.3 is 0 Å². The molecule has 0 N–H and O–H groups in total. The van der Waals surface area contributed by atoms with Gasteiger partial charge in [0.1, 0.15) is 0 Å². The zero-order chi connectivity index (χ0) is 14.4. The lowest BCUT2D eigenvalue weighted by Crippen LogP contribution is -1.98. The molecule has 0 amide bonds. The van der Waals surface area contributed by atoms with Crippen molar-refractivity contribution in [1.82, 2.24) is 0 Å². The van der Waals surface area contributed by atoms with Crippen LogP contribution in [0.3, 0.4) is 0 Å². The molecule has 0 fully saturated rings. The molecule has 0 saturated heterocycles. The van der Waals surface area contributed by atoms with E-state index >= 15 is 0 Å². The lowest BCUT2D eigenvalue weighted by atomic mass is 9.95. The number of fused-ring (bicyclic) bond motifs is 3. The Morgan fingerprint density at radius 1 is 0.667 bits per heavy atom. The van der Waals surface area contributed by atoms with E-state index in [4.69, 9.17) is 11.6 Å². The van der Waals surface area contributed by atoms with E-state index < -0.39 is 0 Å². The largest absolute Gasteiger partial charge is 0.289 e. The molecule has 0 heterocycles. The predicted octanol–water partition coefficient (Wildman–Crippen LogP) is 5.22. The molecular weight excluding hydrogens is 280 g/mol. The van der Waals surface area contributed by atoms with E-state index in [1.807, 2.05) is 66.7 Å². The van der Waals surface area contributed by atoms with E-state index in [2.05, 4.69) is 0 Å². The van der Waals surface area contributed by atoms with Crippen LogP contribution in [0.4, 0.5) is 0 Å². The Morgan fingerprint density at radius 3 is 2.05 bits per heavy atom. The van der Waals surface area contributed by atoms with Gasteiger partial charge in [-0.1, -0.05) is 66.2 Å². The molecule has 0 unspecified atom stereocenters. The van der Waals surface area contributed by atoms with E-state index in [0.29, 0.717) is 5.02 Å². The number of hydrogen-bond acceptors (Lipinski definition) is 1. The SMILES string of the molecule is O=C1c2ccccc2-c2cc(Cl)cc(-c3ccccc3)c21. The van der Waals surface area contributed by atoms with Crippen LogP contribution in [0, 0.1) is 0 Å². The van der Waals surface area contributed by atoms with Gasteiger partial charge in [0.2, 0.25) is 0 Å². The number of hydrogen-bond donors (Lipinski definition) is 0. The van der Waals surface area contributed by atoms with Gasteiger partial charge in [0, 0.05) is 16.1 Å². The zero-order valence-corrected chi connectivity index (χ0v) is 11.9. The van der Waals surface area contributed by atoms with Crippen LogP contribution in [-0.4, -0.2) is 5.78 Å². The highest BCUT2D eigenvalue weighted by atomic mass is 35.5. The number of carbonyl (C=O) groups excluding carboxylic acids is 1. The molecule has 21 heavy (non-hydrogen) atoms. The number of rotatable bonds is 1. The van der Waals surface area contributed by atoms with Crippen LogP contribution >= 0.6 is 11.6 Å². The topological polar surface area (TPSA) is 17.1 Å². The molecule has 4 rings (SSSR count). The first-order valence-electron chi connectivity index (χ1n) is 6.79. The molecule has 3 aromatic carbocycles. The van der Waals surface area contributed by atoms with Gasteiger partial charge >= 0.3 is 0 Å². The molecular formula is C19H11ClO. The average molecular weight is 291 g/mol. The van der Waals surface area contributed by atoms with Gasteiger partial charge in [-0.25, -0.2) is 0 Å². The van der Waals surface area contributed by atoms with Crippen LogP contribution in [0.15, 0.2) is 66.7 Å². The first kappa shape index (κ1) is 12.4. The Hall–Kier alpha value is -2.38. The quantitative estimate of drug-likeness (QED) is 0.470. The highest BCUT2D eigenvalue weighted by Gasteiger charge is 2.29. The summed E-state index contributed by atoms with van der Waals surface area (Å²) < 4.78 is 0. The molecule has 0 saturated carbocycles. The Kier molecular flexibility index (Phi) is 2.69. The second-order valence-electron chi connectivity index (χ2n) is 5.12. The van der Waals surface area contributed by atoms with Crippen molar-refractivity contribution in [1.29, 1.82) is 0 Å². The smallest absolute Gasteiger partial charge is 0.194 e. The Morgan fingerprint density at radius 2 is 1.29 bits per heavy atom. The molecule has 3 aromatic rings. The minimum absolute atomic E-state index is 0.0797. The van der Waals surface area contributed by atoms with Gasteiger partial charge in [-0.05, 0) is 34.4 Å². The van der Waals surface area contributed by atoms with Crippen molar-refractivity contribution in [3.05, 3.63) is 82.9 Å². The van der Waals surface area contributed by atoms with Gasteiger partial charge in [0.25, 0.3) is 0 Å². The third-order valence-corrected chi connectivity index (χ3v) is 4.10. The normalized spacial score (nSPS) is 12.1. The molecule has 0 aromatic heterocycles. The first-order chi connectivity index (χ1) is 10.3. The molecule has 0 radical (unpaired) electrons. The van der Waals surface area contributed by atoms with Gasteiger partial charge in [-0.2, -0.15) is 0 Å². The Labute approximate surface area is 127 Å². The second-order valence-corrected chi connectivity index (χ2v) is 5.55. The predicted molar refractivity (Wildman–Crippen MR) is 85.8 cm³/mol. The number of carbonyl (C=O) groups is 1. The van der Waals surface area contributed by atoms with Crippen LogP contribution in [0.2, 0.25) is 5.02 Å². The van der Waals surface area contributed by atoms with Crippen molar-refractivity contribution in [2.45, 2.75) is 0 Å². The summed E-state index contributed by atoms with van der Waals surface area (Å²) in [5.41, 5.74) is 5.33. The molecule has 0 spiro atoms. The summed E-state index contributed by atoms with van der Waals surface area (Å²) in [4.78, 5) is 12.8. The third kappa shape index (κ3) is 1.82. The minimum Gasteiger partial charge on any atom is -0.289 e. The van der Waals surface area contributed by atoms with Crippen molar-refractivity contribution in [2.75, 3.05) is 0 Å². The molecule has 0 atom stereocenters. The van der Waals surface area contributed by atoms with Gasteiger partial charge in [-0.3, -0.25) is 4.79 Å². The molecule has 1 nitrogen and oxygen atoms in total. The molecule has 0 bridgehead atoms. The van der Waals surface area contributed by atoms with Crippen molar-refractivity contribution < 1.29 is 4.79 Å². The highest BCUT2D eigenvalue weighted by molar-refractivity contribution is 6.33. The summed E-state index contributed by atoms with van der Waals surface area (Å²) in [5.74, 6) is 0.0797. The number of ketones is 1. The fraction of sp³-hybridized carbons (Fsp3) is 0. The lowest BCUT2D eigenvalue weighted by Gasteiger charge is -2.09. The van der Waals surface area contributed by atoms with Crippen LogP contribution in [0.5, 0.6) is 0 Å². The molecule has 100 valence electrons. The van der Waals surface area contributed by atoms with E-state index in [9.17, 15) is 4.79 Å². The third-order valence-electron chi connectivity index (χ3n) is 3.88. The molecule has 1 aliphatic rings. The summed E-state index contributed by atoms with van der Waals surface area (Å²) in [6.45, 7) is 0. The van der Waals surface area contributed by atoms with E-state index in [1.165, 1.54) is 0 Å². The fourth-order valence-corrected chi connectivity index (χ4v) is 3.18. The van der Waals surface area contributed by atoms with Gasteiger partial charge in [0.15, 0.2) is 5.78 Å². The van der Waals surface area contributed by atoms with E-state index in [1.54, 1.807) is 0 Å². The average Bonchev–Trinajstić information content (AvgIpc) is 2.81. The number of benzene rings is 3. The zero-order valence-electron chi connectivity index (χ0n) is 11.1. The maximum atomic E-state index is 12.8. The van der Waals surface area contributed by atoms with Crippen molar-refractivity contribution in [3.8, 4) is 22.3 Å².